The minimum Gasteiger partial charge on any atom is -0.497 e. The molecule has 1 atom stereocenters. The fourth-order valence-corrected chi connectivity index (χ4v) is 3.09. The van der Waals surface area contributed by atoms with E-state index in [-0.39, 0.29) is 11.9 Å². The van der Waals surface area contributed by atoms with E-state index >= 15 is 0 Å². The van der Waals surface area contributed by atoms with Gasteiger partial charge in [-0.3, -0.25) is 4.79 Å². The fraction of sp³-hybridized carbons (Fsp3) is 0.350. The van der Waals surface area contributed by atoms with E-state index in [4.69, 9.17) is 32.7 Å². The van der Waals surface area contributed by atoms with Crippen LogP contribution in [-0.2, 0) is 11.3 Å². The molecule has 26 heavy (non-hydrogen) atoms. The van der Waals surface area contributed by atoms with Crippen LogP contribution in [0.15, 0.2) is 42.5 Å². The van der Waals surface area contributed by atoms with Gasteiger partial charge in [-0.15, -0.1) is 0 Å². The summed E-state index contributed by atoms with van der Waals surface area (Å²) in [6.07, 6.45) is 1.39. The second-order valence-corrected chi connectivity index (χ2v) is 7.14. The van der Waals surface area contributed by atoms with Crippen molar-refractivity contribution in [3.63, 3.8) is 0 Å². The molecule has 0 aliphatic heterocycles. The molecule has 1 saturated carbocycles. The highest BCUT2D eigenvalue weighted by molar-refractivity contribution is 6.42. The van der Waals surface area contributed by atoms with E-state index in [1.807, 2.05) is 29.2 Å². The minimum absolute atomic E-state index is 0.0561. The molecule has 2 aromatic carbocycles. The Hall–Kier alpha value is -1.91. The minimum atomic E-state index is -0.648. The first kappa shape index (κ1) is 18.9. The van der Waals surface area contributed by atoms with Crippen molar-refractivity contribution in [3.8, 4) is 11.5 Å². The summed E-state index contributed by atoms with van der Waals surface area (Å²) in [7, 11) is 1.63. The zero-order valence-corrected chi connectivity index (χ0v) is 16.3. The second kappa shape index (κ2) is 8.19. The van der Waals surface area contributed by atoms with Crippen molar-refractivity contribution in [2.24, 2.45) is 0 Å². The highest BCUT2D eigenvalue weighted by Gasteiger charge is 2.35. The molecule has 2 aromatic rings. The zero-order chi connectivity index (χ0) is 18.7. The fourth-order valence-electron chi connectivity index (χ4n) is 2.75. The summed E-state index contributed by atoms with van der Waals surface area (Å²) in [6.45, 7) is 2.29. The molecule has 0 saturated heterocycles. The van der Waals surface area contributed by atoms with Gasteiger partial charge in [0.25, 0.3) is 5.91 Å². The van der Waals surface area contributed by atoms with Gasteiger partial charge < -0.3 is 14.4 Å². The number of hydrogen-bond donors (Lipinski definition) is 0. The highest BCUT2D eigenvalue weighted by Crippen LogP contribution is 2.33. The lowest BCUT2D eigenvalue weighted by molar-refractivity contribution is -0.139. The first-order valence-electron chi connectivity index (χ1n) is 8.53. The van der Waals surface area contributed by atoms with Crippen molar-refractivity contribution in [1.82, 2.24) is 4.90 Å². The number of amides is 1. The number of carbonyl (C=O) groups is 1. The molecular formula is C20H21Cl2NO3. The SMILES string of the molecule is COc1ccc(CN(C(=O)[C@H](C)Oc2cccc(Cl)c2Cl)C2CC2)cc1. The zero-order valence-electron chi connectivity index (χ0n) is 14.7. The Morgan fingerprint density at radius 2 is 1.88 bits per heavy atom. The van der Waals surface area contributed by atoms with E-state index in [0.717, 1.165) is 24.2 Å². The second-order valence-electron chi connectivity index (χ2n) is 6.36. The third-order valence-electron chi connectivity index (χ3n) is 4.35. The third kappa shape index (κ3) is 4.43. The van der Waals surface area contributed by atoms with Gasteiger partial charge in [0.1, 0.15) is 16.5 Å². The van der Waals surface area contributed by atoms with Gasteiger partial charge in [-0.2, -0.15) is 0 Å². The Morgan fingerprint density at radius 3 is 2.50 bits per heavy atom. The lowest BCUT2D eigenvalue weighted by Gasteiger charge is -2.26. The first-order chi connectivity index (χ1) is 12.5. The molecule has 6 heteroatoms. The molecule has 0 heterocycles. The molecule has 0 N–H and O–H groups in total. The average Bonchev–Trinajstić information content (AvgIpc) is 3.48. The number of halogens is 2. The van der Waals surface area contributed by atoms with Gasteiger partial charge in [-0.05, 0) is 49.6 Å². The largest absolute Gasteiger partial charge is 0.497 e. The lowest BCUT2D eigenvalue weighted by atomic mass is 10.2. The van der Waals surface area contributed by atoms with Crippen LogP contribution in [0.1, 0.15) is 25.3 Å². The van der Waals surface area contributed by atoms with Crippen molar-refractivity contribution in [3.05, 3.63) is 58.1 Å². The van der Waals surface area contributed by atoms with Crippen LogP contribution in [0, 0.1) is 0 Å². The van der Waals surface area contributed by atoms with Crippen LogP contribution < -0.4 is 9.47 Å². The van der Waals surface area contributed by atoms with Gasteiger partial charge in [0.15, 0.2) is 6.10 Å². The Morgan fingerprint density at radius 1 is 1.19 bits per heavy atom. The summed E-state index contributed by atoms with van der Waals surface area (Å²) in [5.41, 5.74) is 1.05. The first-order valence-corrected chi connectivity index (χ1v) is 9.29. The predicted octanol–water partition coefficient (Wildman–Crippen LogP) is 4.96. The maximum absolute atomic E-state index is 13.0. The number of hydrogen-bond acceptors (Lipinski definition) is 3. The lowest BCUT2D eigenvalue weighted by Crippen LogP contribution is -2.41. The monoisotopic (exact) mass is 393 g/mol. The predicted molar refractivity (Wildman–Crippen MR) is 103 cm³/mol. The van der Waals surface area contributed by atoms with Gasteiger partial charge in [-0.25, -0.2) is 0 Å². The summed E-state index contributed by atoms with van der Waals surface area (Å²) >= 11 is 12.2. The standard InChI is InChI=1S/C20H21Cl2NO3/c1-13(26-18-5-3-4-17(21)19(18)22)20(24)23(15-8-9-15)12-14-6-10-16(25-2)11-7-14/h3-7,10-11,13,15H,8-9,12H2,1-2H3/t13-/m0/s1. The molecule has 0 unspecified atom stereocenters. The summed E-state index contributed by atoms with van der Waals surface area (Å²) in [5, 5.41) is 0.725. The number of nitrogens with zero attached hydrogens (tertiary/aromatic N) is 1. The van der Waals surface area contributed by atoms with E-state index < -0.39 is 6.10 Å². The molecule has 0 aromatic heterocycles. The molecule has 138 valence electrons. The van der Waals surface area contributed by atoms with E-state index in [9.17, 15) is 4.79 Å². The maximum atomic E-state index is 13.0. The Labute approximate surface area is 163 Å². The number of methoxy groups -OCH3 is 1. The van der Waals surface area contributed by atoms with Crippen LogP contribution in [0.2, 0.25) is 10.0 Å². The number of benzene rings is 2. The molecule has 0 radical (unpaired) electrons. The maximum Gasteiger partial charge on any atom is 0.263 e. The molecule has 3 rings (SSSR count). The van der Waals surface area contributed by atoms with Gasteiger partial charge >= 0.3 is 0 Å². The normalized spacial score (nSPS) is 14.6. The molecule has 1 fully saturated rings. The molecule has 0 bridgehead atoms. The van der Waals surface area contributed by atoms with Crippen molar-refractivity contribution in [2.75, 3.05) is 7.11 Å². The van der Waals surface area contributed by atoms with Gasteiger partial charge in [0, 0.05) is 12.6 Å². The number of ether oxygens (including phenoxy) is 2. The third-order valence-corrected chi connectivity index (χ3v) is 5.15. The Balaban J connectivity index is 1.70. The Bertz CT molecular complexity index is 775. The van der Waals surface area contributed by atoms with Crippen LogP contribution in [0.5, 0.6) is 11.5 Å². The molecule has 4 nitrogen and oxygen atoms in total. The summed E-state index contributed by atoms with van der Waals surface area (Å²) in [4.78, 5) is 14.8. The molecular weight excluding hydrogens is 373 g/mol. The van der Waals surface area contributed by atoms with Crippen LogP contribution in [0.4, 0.5) is 0 Å². The van der Waals surface area contributed by atoms with Crippen molar-refractivity contribution in [1.29, 1.82) is 0 Å². The molecule has 1 aliphatic carbocycles. The van der Waals surface area contributed by atoms with Gasteiger partial charge in [0.2, 0.25) is 0 Å². The summed E-state index contributed by atoms with van der Waals surface area (Å²) in [5.74, 6) is 1.16. The van der Waals surface area contributed by atoms with Crippen molar-refractivity contribution in [2.45, 2.75) is 38.5 Å². The van der Waals surface area contributed by atoms with Crippen LogP contribution in [0.3, 0.4) is 0 Å². The van der Waals surface area contributed by atoms with Gasteiger partial charge in [0.05, 0.1) is 12.1 Å². The quantitative estimate of drug-likeness (QED) is 0.666. The van der Waals surface area contributed by atoms with E-state index in [1.165, 1.54) is 0 Å². The Kier molecular flexibility index (Phi) is 5.94. The van der Waals surface area contributed by atoms with Crippen molar-refractivity contribution >= 4 is 29.1 Å². The summed E-state index contributed by atoms with van der Waals surface area (Å²) < 4.78 is 11.0. The van der Waals surface area contributed by atoms with Crippen LogP contribution >= 0.6 is 23.2 Å². The van der Waals surface area contributed by atoms with Crippen LogP contribution in [0.25, 0.3) is 0 Å². The summed E-state index contributed by atoms with van der Waals surface area (Å²) in [6, 6.07) is 13.2. The van der Waals surface area contributed by atoms with E-state index in [1.54, 1.807) is 32.2 Å². The highest BCUT2D eigenvalue weighted by atomic mass is 35.5. The number of rotatable bonds is 7. The van der Waals surface area contributed by atoms with E-state index in [0.29, 0.717) is 22.3 Å². The molecule has 0 spiro atoms. The topological polar surface area (TPSA) is 38.8 Å². The smallest absolute Gasteiger partial charge is 0.263 e. The van der Waals surface area contributed by atoms with Crippen molar-refractivity contribution < 1.29 is 14.3 Å². The number of carbonyl (C=O) groups excluding carboxylic acids is 1. The molecule has 1 aliphatic rings. The van der Waals surface area contributed by atoms with E-state index in [2.05, 4.69) is 0 Å². The van der Waals surface area contributed by atoms with Crippen LogP contribution in [-0.4, -0.2) is 30.1 Å². The average molecular weight is 394 g/mol. The molecule has 1 amide bonds. The van der Waals surface area contributed by atoms with Gasteiger partial charge in [-0.1, -0.05) is 41.4 Å².